The average molecular weight is 339 g/mol. The molecule has 0 aromatic heterocycles. The molecule has 0 fully saturated rings. The smallest absolute Gasteiger partial charge is 0.130 e. The van der Waals surface area contributed by atoms with E-state index in [-0.39, 0.29) is 0 Å². The molecule has 0 radical (unpaired) electrons. The molecule has 0 unspecified atom stereocenters. The maximum atomic E-state index is 6.06. The van der Waals surface area contributed by atoms with Crippen LogP contribution in [0.25, 0.3) is 18.2 Å². The number of amidine groups is 1. The summed E-state index contributed by atoms with van der Waals surface area (Å²) in [5, 5.41) is 0. The molecule has 3 nitrogen and oxygen atoms in total. The molecule has 0 saturated heterocycles. The Kier molecular flexibility index (Phi) is 5.63. The lowest BCUT2D eigenvalue weighted by molar-refractivity contribution is 1.47. The van der Waals surface area contributed by atoms with Crippen molar-refractivity contribution in [1.82, 2.24) is 0 Å². The van der Waals surface area contributed by atoms with Crippen molar-refractivity contribution < 1.29 is 0 Å². The Bertz CT molecular complexity index is 919. The molecule has 26 heavy (non-hydrogen) atoms. The first-order valence-corrected chi connectivity index (χ1v) is 8.40. The second-order valence-electron chi connectivity index (χ2n) is 5.86. The summed E-state index contributed by atoms with van der Waals surface area (Å²) < 4.78 is 0. The predicted octanol–water partition coefficient (Wildman–Crippen LogP) is 4.82. The van der Waals surface area contributed by atoms with E-state index in [2.05, 4.69) is 29.3 Å². The van der Waals surface area contributed by atoms with Crippen molar-refractivity contribution in [3.05, 3.63) is 107 Å². The van der Waals surface area contributed by atoms with Crippen LogP contribution in [0.1, 0.15) is 22.3 Å². The van der Waals surface area contributed by atoms with Gasteiger partial charge in [-0.1, -0.05) is 78.9 Å². The molecule has 0 spiro atoms. The Morgan fingerprint density at radius 3 is 1.85 bits per heavy atom. The Labute approximate surface area is 154 Å². The second-order valence-corrected chi connectivity index (χ2v) is 5.86. The predicted molar refractivity (Wildman–Crippen MR) is 112 cm³/mol. The van der Waals surface area contributed by atoms with Crippen molar-refractivity contribution in [1.29, 1.82) is 0 Å². The maximum Gasteiger partial charge on any atom is 0.130 e. The highest BCUT2D eigenvalue weighted by Gasteiger charge is 1.97. The van der Waals surface area contributed by atoms with Crippen molar-refractivity contribution >= 4 is 29.8 Å². The highest BCUT2D eigenvalue weighted by molar-refractivity contribution is 5.98. The van der Waals surface area contributed by atoms with Crippen LogP contribution in [-0.4, -0.2) is 5.84 Å². The zero-order valence-electron chi connectivity index (χ0n) is 14.4. The Morgan fingerprint density at radius 1 is 0.654 bits per heavy atom. The molecular formula is C23H21N3. The maximum absolute atomic E-state index is 6.06. The van der Waals surface area contributed by atoms with Gasteiger partial charge in [-0.15, -0.1) is 0 Å². The van der Waals surface area contributed by atoms with Gasteiger partial charge in [0.1, 0.15) is 5.84 Å². The van der Waals surface area contributed by atoms with E-state index >= 15 is 0 Å². The highest BCUT2D eigenvalue weighted by atomic mass is 14.8. The largest absolute Gasteiger partial charge is 0.399 e. The minimum absolute atomic E-state index is 0.482. The lowest BCUT2D eigenvalue weighted by atomic mass is 10.1. The average Bonchev–Trinajstić information content (AvgIpc) is 2.69. The molecule has 0 aliphatic heterocycles. The third-order valence-corrected chi connectivity index (χ3v) is 3.89. The quantitative estimate of drug-likeness (QED) is 0.303. The molecule has 0 aliphatic carbocycles. The molecule has 0 saturated carbocycles. The first-order chi connectivity index (χ1) is 12.7. The van der Waals surface area contributed by atoms with Gasteiger partial charge >= 0.3 is 0 Å². The van der Waals surface area contributed by atoms with Crippen molar-refractivity contribution in [2.75, 3.05) is 5.73 Å². The van der Waals surface area contributed by atoms with E-state index in [9.17, 15) is 0 Å². The van der Waals surface area contributed by atoms with Gasteiger partial charge in [0.05, 0.1) is 0 Å². The van der Waals surface area contributed by atoms with E-state index in [0.29, 0.717) is 5.84 Å². The van der Waals surface area contributed by atoms with Crippen LogP contribution < -0.4 is 11.5 Å². The lowest BCUT2D eigenvalue weighted by Crippen LogP contribution is -2.12. The third-order valence-electron chi connectivity index (χ3n) is 3.89. The summed E-state index contributed by atoms with van der Waals surface area (Å²) >= 11 is 0. The Morgan fingerprint density at radius 2 is 1.19 bits per heavy atom. The fourth-order valence-corrected chi connectivity index (χ4v) is 2.41. The zero-order chi connectivity index (χ0) is 18.2. The van der Waals surface area contributed by atoms with Crippen LogP contribution >= 0.6 is 0 Å². The summed E-state index contributed by atoms with van der Waals surface area (Å²) in [5.74, 6) is 0.482. The fraction of sp³-hybridized carbons (Fsp3) is 0. The van der Waals surface area contributed by atoms with E-state index in [1.54, 1.807) is 6.20 Å². The molecule has 0 amide bonds. The van der Waals surface area contributed by atoms with Gasteiger partial charge in [0, 0.05) is 17.5 Å². The first-order valence-electron chi connectivity index (χ1n) is 8.40. The minimum Gasteiger partial charge on any atom is -0.399 e. The topological polar surface area (TPSA) is 64.4 Å². The van der Waals surface area contributed by atoms with Crippen LogP contribution in [-0.2, 0) is 0 Å². The monoisotopic (exact) mass is 339 g/mol. The number of nitrogens with zero attached hydrogens (tertiary/aromatic N) is 1. The van der Waals surface area contributed by atoms with E-state index in [1.807, 2.05) is 72.8 Å². The Hall–Kier alpha value is -3.59. The van der Waals surface area contributed by atoms with Crippen LogP contribution in [0.15, 0.2) is 90.1 Å². The van der Waals surface area contributed by atoms with Crippen LogP contribution in [0.2, 0.25) is 0 Å². The normalized spacial score (nSPS) is 12.1. The lowest BCUT2D eigenvalue weighted by Gasteiger charge is -2.00. The van der Waals surface area contributed by atoms with E-state index in [4.69, 9.17) is 11.5 Å². The summed E-state index contributed by atoms with van der Waals surface area (Å²) in [6.45, 7) is 0. The third kappa shape index (κ3) is 4.95. The molecule has 0 bridgehead atoms. The summed E-state index contributed by atoms with van der Waals surface area (Å²) in [6.07, 6.45) is 7.75. The molecule has 128 valence electrons. The van der Waals surface area contributed by atoms with Gasteiger partial charge in [0.15, 0.2) is 0 Å². The number of benzene rings is 3. The van der Waals surface area contributed by atoms with Gasteiger partial charge in [-0.3, -0.25) is 0 Å². The number of nitrogen functional groups attached to an aromatic ring is 1. The number of rotatable bonds is 5. The van der Waals surface area contributed by atoms with Crippen LogP contribution in [0.4, 0.5) is 5.69 Å². The number of nitrogens with two attached hydrogens (primary N) is 2. The summed E-state index contributed by atoms with van der Waals surface area (Å²) in [5.41, 5.74) is 16.7. The molecule has 0 aliphatic rings. The van der Waals surface area contributed by atoms with Crippen LogP contribution in [0.3, 0.4) is 0 Å². The minimum atomic E-state index is 0.482. The molecule has 3 aromatic carbocycles. The van der Waals surface area contributed by atoms with Gasteiger partial charge < -0.3 is 11.5 Å². The molecule has 0 heterocycles. The van der Waals surface area contributed by atoms with Crippen molar-refractivity contribution in [3.63, 3.8) is 0 Å². The van der Waals surface area contributed by atoms with Crippen molar-refractivity contribution in [2.24, 2.45) is 10.7 Å². The van der Waals surface area contributed by atoms with Gasteiger partial charge in [0.25, 0.3) is 0 Å². The number of aliphatic imine (C=N–C) groups is 1. The SMILES string of the molecule is NC(=NC=Cc1ccc(N)cc1)c1ccc(C=Cc2ccccc2)cc1. The second kappa shape index (κ2) is 8.49. The molecular weight excluding hydrogens is 318 g/mol. The van der Waals surface area contributed by atoms with Gasteiger partial charge in [-0.2, -0.15) is 0 Å². The van der Waals surface area contributed by atoms with Gasteiger partial charge in [0.2, 0.25) is 0 Å². The molecule has 4 N–H and O–H groups in total. The fourth-order valence-electron chi connectivity index (χ4n) is 2.41. The highest BCUT2D eigenvalue weighted by Crippen LogP contribution is 2.10. The first kappa shape index (κ1) is 17.2. The zero-order valence-corrected chi connectivity index (χ0v) is 14.4. The molecule has 0 atom stereocenters. The van der Waals surface area contributed by atoms with Gasteiger partial charge in [-0.25, -0.2) is 4.99 Å². The van der Waals surface area contributed by atoms with E-state index < -0.39 is 0 Å². The molecule has 3 rings (SSSR count). The van der Waals surface area contributed by atoms with Gasteiger partial charge in [-0.05, 0) is 34.9 Å². The summed E-state index contributed by atoms with van der Waals surface area (Å²) in [6, 6.07) is 25.8. The Balaban J connectivity index is 1.65. The molecule has 3 heteroatoms. The number of hydrogen-bond acceptors (Lipinski definition) is 2. The van der Waals surface area contributed by atoms with Crippen LogP contribution in [0, 0.1) is 0 Å². The van der Waals surface area contributed by atoms with E-state index in [1.165, 1.54) is 5.56 Å². The number of anilines is 1. The van der Waals surface area contributed by atoms with Crippen molar-refractivity contribution in [2.45, 2.75) is 0 Å². The van der Waals surface area contributed by atoms with E-state index in [0.717, 1.165) is 22.4 Å². The summed E-state index contributed by atoms with van der Waals surface area (Å²) in [7, 11) is 0. The summed E-state index contributed by atoms with van der Waals surface area (Å²) in [4.78, 5) is 4.30. The standard InChI is InChI=1S/C23H21N3/c24-22-14-10-20(11-15-22)16-17-26-23(25)21-12-8-19(9-13-21)7-6-18-4-2-1-3-5-18/h1-17H,24H2,(H2,25,26). The van der Waals surface area contributed by atoms with Crippen LogP contribution in [0.5, 0.6) is 0 Å². The molecule has 3 aromatic rings. The van der Waals surface area contributed by atoms with Crippen molar-refractivity contribution in [3.8, 4) is 0 Å². The number of hydrogen-bond donors (Lipinski definition) is 2.